The first-order valence-corrected chi connectivity index (χ1v) is 6.45. The Balaban J connectivity index is 1.95. The van der Waals surface area contributed by atoms with Gasteiger partial charge in [-0.05, 0) is 17.7 Å². The molecule has 1 amide bonds. The zero-order valence-corrected chi connectivity index (χ0v) is 11.1. The van der Waals surface area contributed by atoms with Crippen LogP contribution in [0.1, 0.15) is 18.2 Å². The third-order valence-electron chi connectivity index (χ3n) is 3.03. The van der Waals surface area contributed by atoms with Crippen molar-refractivity contribution in [3.05, 3.63) is 66.0 Å². The molecule has 0 aliphatic rings. The third-order valence-corrected chi connectivity index (χ3v) is 3.03. The van der Waals surface area contributed by atoms with E-state index in [2.05, 4.69) is 4.98 Å². The number of hydrogen-bond acceptors (Lipinski definition) is 2. The molecule has 0 aliphatic carbocycles. The maximum Gasteiger partial charge on any atom is 0.219 e. The van der Waals surface area contributed by atoms with Gasteiger partial charge in [0.1, 0.15) is 0 Å². The van der Waals surface area contributed by atoms with Crippen LogP contribution in [-0.2, 0) is 17.8 Å². The first-order chi connectivity index (χ1) is 9.25. The number of hydrogen-bond donors (Lipinski definition) is 0. The second kappa shape index (κ2) is 6.69. The lowest BCUT2D eigenvalue weighted by Gasteiger charge is -2.21. The number of rotatable bonds is 5. The zero-order valence-electron chi connectivity index (χ0n) is 11.1. The molecule has 0 fully saturated rings. The van der Waals surface area contributed by atoms with Gasteiger partial charge in [-0.1, -0.05) is 36.4 Å². The summed E-state index contributed by atoms with van der Waals surface area (Å²) in [6.07, 6.45) is 2.57. The fraction of sp³-hybridized carbons (Fsp3) is 0.250. The van der Waals surface area contributed by atoms with Gasteiger partial charge in [-0.15, -0.1) is 0 Å². The highest BCUT2D eigenvalue weighted by Gasteiger charge is 2.09. The standard InChI is InChI=1S/C16H18N2O/c1-14(19)18(13-15-7-3-2-4-8-15)12-10-16-9-5-6-11-17-16/h2-9,11H,10,12-13H2,1H3. The molecule has 1 heterocycles. The van der Waals surface area contributed by atoms with E-state index in [1.165, 1.54) is 0 Å². The molecule has 0 N–H and O–H groups in total. The minimum absolute atomic E-state index is 0.0970. The zero-order chi connectivity index (χ0) is 13.5. The predicted molar refractivity (Wildman–Crippen MR) is 75.5 cm³/mol. The highest BCUT2D eigenvalue weighted by molar-refractivity contribution is 5.73. The molecule has 19 heavy (non-hydrogen) atoms. The van der Waals surface area contributed by atoms with Crippen molar-refractivity contribution in [1.82, 2.24) is 9.88 Å². The molecule has 98 valence electrons. The second-order valence-corrected chi connectivity index (χ2v) is 4.50. The van der Waals surface area contributed by atoms with Crippen molar-refractivity contribution >= 4 is 5.91 Å². The van der Waals surface area contributed by atoms with Crippen LogP contribution in [0.15, 0.2) is 54.7 Å². The van der Waals surface area contributed by atoms with Crippen LogP contribution in [0, 0.1) is 0 Å². The lowest BCUT2D eigenvalue weighted by molar-refractivity contribution is -0.129. The molecule has 0 atom stereocenters. The first kappa shape index (κ1) is 13.3. The average Bonchev–Trinajstić information content (AvgIpc) is 2.45. The minimum atomic E-state index is 0.0970. The van der Waals surface area contributed by atoms with Crippen LogP contribution in [0.5, 0.6) is 0 Å². The van der Waals surface area contributed by atoms with Crippen LogP contribution in [0.25, 0.3) is 0 Å². The maximum atomic E-state index is 11.7. The molecule has 0 bridgehead atoms. The van der Waals surface area contributed by atoms with Gasteiger partial charge >= 0.3 is 0 Å². The van der Waals surface area contributed by atoms with E-state index in [1.807, 2.05) is 53.4 Å². The predicted octanol–water partition coefficient (Wildman–Crippen LogP) is 2.67. The van der Waals surface area contributed by atoms with E-state index >= 15 is 0 Å². The molecule has 0 spiro atoms. The Bertz CT molecular complexity index is 511. The molecule has 2 aromatic rings. The number of aromatic nitrogens is 1. The van der Waals surface area contributed by atoms with Gasteiger partial charge in [-0.25, -0.2) is 0 Å². The van der Waals surface area contributed by atoms with Crippen molar-refractivity contribution in [1.29, 1.82) is 0 Å². The van der Waals surface area contributed by atoms with Crippen molar-refractivity contribution in [3.63, 3.8) is 0 Å². The summed E-state index contributed by atoms with van der Waals surface area (Å²) >= 11 is 0. The smallest absolute Gasteiger partial charge is 0.219 e. The van der Waals surface area contributed by atoms with Gasteiger partial charge in [0.2, 0.25) is 5.91 Å². The highest BCUT2D eigenvalue weighted by Crippen LogP contribution is 2.06. The molecule has 2 rings (SSSR count). The van der Waals surface area contributed by atoms with E-state index in [-0.39, 0.29) is 5.91 Å². The van der Waals surface area contributed by atoms with Gasteiger partial charge in [0.05, 0.1) is 0 Å². The van der Waals surface area contributed by atoms with E-state index in [1.54, 1.807) is 13.1 Å². The number of benzene rings is 1. The number of pyridine rings is 1. The van der Waals surface area contributed by atoms with Crippen LogP contribution in [0.2, 0.25) is 0 Å². The SMILES string of the molecule is CC(=O)N(CCc1ccccn1)Cc1ccccc1. The number of carbonyl (C=O) groups excluding carboxylic acids is 1. The van der Waals surface area contributed by atoms with Crippen molar-refractivity contribution in [3.8, 4) is 0 Å². The summed E-state index contributed by atoms with van der Waals surface area (Å²) in [4.78, 5) is 17.8. The molecule has 0 saturated carbocycles. The summed E-state index contributed by atoms with van der Waals surface area (Å²) in [6.45, 7) is 2.96. The van der Waals surface area contributed by atoms with Crippen molar-refractivity contribution in [2.45, 2.75) is 19.9 Å². The fourth-order valence-corrected chi connectivity index (χ4v) is 1.95. The largest absolute Gasteiger partial charge is 0.338 e. The van der Waals surface area contributed by atoms with Crippen LogP contribution in [0.3, 0.4) is 0 Å². The Morgan fingerprint density at radius 1 is 1.11 bits per heavy atom. The summed E-state index contributed by atoms with van der Waals surface area (Å²) < 4.78 is 0. The Morgan fingerprint density at radius 2 is 1.84 bits per heavy atom. The monoisotopic (exact) mass is 254 g/mol. The summed E-state index contributed by atoms with van der Waals surface area (Å²) in [5, 5.41) is 0. The Kier molecular flexibility index (Phi) is 4.67. The van der Waals surface area contributed by atoms with Crippen molar-refractivity contribution in [2.24, 2.45) is 0 Å². The van der Waals surface area contributed by atoms with E-state index in [0.717, 1.165) is 17.7 Å². The molecular formula is C16H18N2O. The molecule has 3 nitrogen and oxygen atoms in total. The van der Waals surface area contributed by atoms with Gasteiger partial charge in [-0.3, -0.25) is 9.78 Å². The topological polar surface area (TPSA) is 33.2 Å². The molecule has 0 radical (unpaired) electrons. The van der Waals surface area contributed by atoms with E-state index in [4.69, 9.17) is 0 Å². The Hall–Kier alpha value is -2.16. The number of amides is 1. The summed E-state index contributed by atoms with van der Waals surface area (Å²) in [6, 6.07) is 15.9. The van der Waals surface area contributed by atoms with E-state index in [0.29, 0.717) is 13.1 Å². The fourth-order valence-electron chi connectivity index (χ4n) is 1.95. The normalized spacial score (nSPS) is 10.2. The third kappa shape index (κ3) is 4.21. The lowest BCUT2D eigenvalue weighted by atomic mass is 10.2. The molecule has 0 unspecified atom stereocenters. The van der Waals surface area contributed by atoms with Gasteiger partial charge in [-0.2, -0.15) is 0 Å². The van der Waals surface area contributed by atoms with E-state index in [9.17, 15) is 4.79 Å². The molecule has 1 aromatic heterocycles. The summed E-state index contributed by atoms with van der Waals surface area (Å²) in [5.74, 6) is 0.0970. The van der Waals surface area contributed by atoms with Crippen LogP contribution in [-0.4, -0.2) is 22.3 Å². The van der Waals surface area contributed by atoms with Gasteiger partial charge < -0.3 is 4.90 Å². The lowest BCUT2D eigenvalue weighted by Crippen LogP contribution is -2.30. The number of nitrogens with zero attached hydrogens (tertiary/aromatic N) is 2. The van der Waals surface area contributed by atoms with Crippen molar-refractivity contribution < 1.29 is 4.79 Å². The van der Waals surface area contributed by atoms with Gasteiger partial charge in [0, 0.05) is 38.3 Å². The van der Waals surface area contributed by atoms with E-state index < -0.39 is 0 Å². The quantitative estimate of drug-likeness (QED) is 0.822. The second-order valence-electron chi connectivity index (χ2n) is 4.50. The molecule has 0 aliphatic heterocycles. The van der Waals surface area contributed by atoms with Crippen LogP contribution < -0.4 is 0 Å². The van der Waals surface area contributed by atoms with Crippen LogP contribution >= 0.6 is 0 Å². The first-order valence-electron chi connectivity index (χ1n) is 6.45. The minimum Gasteiger partial charge on any atom is -0.338 e. The molecule has 3 heteroatoms. The molecule has 0 saturated heterocycles. The van der Waals surface area contributed by atoms with Gasteiger partial charge in [0.25, 0.3) is 0 Å². The summed E-state index contributed by atoms with van der Waals surface area (Å²) in [7, 11) is 0. The Morgan fingerprint density at radius 3 is 2.47 bits per heavy atom. The molecule has 1 aromatic carbocycles. The average molecular weight is 254 g/mol. The van der Waals surface area contributed by atoms with Crippen molar-refractivity contribution in [2.75, 3.05) is 6.54 Å². The Labute approximate surface area is 113 Å². The summed E-state index contributed by atoms with van der Waals surface area (Å²) in [5.41, 5.74) is 2.17. The molecular weight excluding hydrogens is 236 g/mol. The highest BCUT2D eigenvalue weighted by atomic mass is 16.2. The van der Waals surface area contributed by atoms with Crippen LogP contribution in [0.4, 0.5) is 0 Å². The maximum absolute atomic E-state index is 11.7. The number of carbonyl (C=O) groups is 1. The van der Waals surface area contributed by atoms with Gasteiger partial charge in [0.15, 0.2) is 0 Å².